The first kappa shape index (κ1) is 26.2. The Morgan fingerprint density at radius 2 is 1.85 bits per heavy atom. The largest absolute Gasteiger partial charge is 0.465 e. The molecule has 0 bridgehead atoms. The van der Waals surface area contributed by atoms with Gasteiger partial charge in [0, 0.05) is 36.7 Å². The van der Waals surface area contributed by atoms with Crippen molar-refractivity contribution in [1.29, 1.82) is 0 Å². The van der Waals surface area contributed by atoms with E-state index >= 15 is 0 Å². The topological polar surface area (TPSA) is 108 Å². The van der Waals surface area contributed by atoms with Crippen LogP contribution in [-0.4, -0.2) is 50.5 Å². The van der Waals surface area contributed by atoms with Crippen LogP contribution in [0.2, 0.25) is 18.1 Å². The molecule has 3 atom stereocenters. The Morgan fingerprint density at radius 3 is 2.38 bits per heavy atom. The highest BCUT2D eigenvalue weighted by atomic mass is 28.4. The van der Waals surface area contributed by atoms with Crippen molar-refractivity contribution >= 4 is 31.9 Å². The standard InChI is InChI=1S/C25H39N3O5Si/c1-15-21(27-24(31)32)19-14-18(23(30)26-12-13-33-34(6,7)25(3,4)5)10-11-20(19)28(16(2)29)22(15)17-8-9-17/h10-11,14-15,17,21-22,27H,8-9,12-13H2,1-7H3,(H,26,30)(H,31,32)/t15-,21-,22-/m1/s1. The van der Waals surface area contributed by atoms with Gasteiger partial charge in [0.25, 0.3) is 5.91 Å². The minimum absolute atomic E-state index is 0.0611. The quantitative estimate of drug-likeness (QED) is 0.385. The van der Waals surface area contributed by atoms with E-state index in [0.717, 1.165) is 12.8 Å². The van der Waals surface area contributed by atoms with Crippen molar-refractivity contribution in [2.45, 2.75) is 77.7 Å². The predicted octanol–water partition coefficient (Wildman–Crippen LogP) is 4.53. The van der Waals surface area contributed by atoms with Crippen molar-refractivity contribution < 1.29 is 23.9 Å². The van der Waals surface area contributed by atoms with Crippen LogP contribution in [0.3, 0.4) is 0 Å². The second-order valence-corrected chi connectivity index (χ2v) is 16.0. The number of amides is 3. The Kier molecular flexibility index (Phi) is 7.47. The molecule has 1 aliphatic carbocycles. The van der Waals surface area contributed by atoms with Crippen molar-refractivity contribution in [3.8, 4) is 0 Å². The summed E-state index contributed by atoms with van der Waals surface area (Å²) in [7, 11) is -1.89. The number of carboxylic acid groups (broad SMARTS) is 1. The number of carbonyl (C=O) groups is 3. The highest BCUT2D eigenvalue weighted by Gasteiger charge is 2.48. The Balaban J connectivity index is 1.80. The minimum Gasteiger partial charge on any atom is -0.465 e. The van der Waals surface area contributed by atoms with Gasteiger partial charge >= 0.3 is 6.09 Å². The Hall–Kier alpha value is -2.39. The number of hydrogen-bond acceptors (Lipinski definition) is 4. The van der Waals surface area contributed by atoms with Gasteiger partial charge in [0.15, 0.2) is 8.32 Å². The first-order chi connectivity index (χ1) is 15.7. The van der Waals surface area contributed by atoms with Crippen LogP contribution in [0.1, 0.15) is 69.4 Å². The molecule has 2 aliphatic rings. The number of hydrogen-bond donors (Lipinski definition) is 3. The van der Waals surface area contributed by atoms with Gasteiger partial charge in [-0.05, 0) is 60.7 Å². The smallest absolute Gasteiger partial charge is 0.405 e. The van der Waals surface area contributed by atoms with Gasteiger partial charge in [-0.25, -0.2) is 4.79 Å². The van der Waals surface area contributed by atoms with Crippen molar-refractivity contribution in [3.63, 3.8) is 0 Å². The second-order valence-electron chi connectivity index (χ2n) is 11.1. The normalized spacial score (nSPS) is 22.7. The van der Waals surface area contributed by atoms with E-state index < -0.39 is 20.5 Å². The fourth-order valence-electron chi connectivity index (χ4n) is 4.63. The zero-order valence-electron chi connectivity index (χ0n) is 21.4. The Bertz CT molecular complexity index is 954. The Labute approximate surface area is 203 Å². The van der Waals surface area contributed by atoms with Crippen LogP contribution in [0.15, 0.2) is 18.2 Å². The van der Waals surface area contributed by atoms with Crippen LogP contribution in [0.5, 0.6) is 0 Å². The zero-order chi connectivity index (χ0) is 25.4. The fourth-order valence-corrected chi connectivity index (χ4v) is 5.67. The first-order valence-corrected chi connectivity index (χ1v) is 15.0. The lowest BCUT2D eigenvalue weighted by atomic mass is 9.79. The Morgan fingerprint density at radius 1 is 1.21 bits per heavy atom. The lowest BCUT2D eigenvalue weighted by Crippen LogP contribution is -2.53. The summed E-state index contributed by atoms with van der Waals surface area (Å²) in [6.07, 6.45) is 0.947. The minimum atomic E-state index is -1.89. The van der Waals surface area contributed by atoms with E-state index in [2.05, 4.69) is 44.5 Å². The van der Waals surface area contributed by atoms with Crippen LogP contribution in [0, 0.1) is 11.8 Å². The number of rotatable bonds is 7. The van der Waals surface area contributed by atoms with E-state index in [1.165, 1.54) is 0 Å². The number of nitrogens with one attached hydrogen (secondary N) is 2. The molecule has 3 rings (SSSR count). The summed E-state index contributed by atoms with van der Waals surface area (Å²) in [5.41, 5.74) is 1.77. The van der Waals surface area contributed by atoms with Gasteiger partial charge < -0.3 is 25.1 Å². The molecule has 1 saturated carbocycles. The molecule has 3 amide bonds. The number of anilines is 1. The van der Waals surface area contributed by atoms with Crippen LogP contribution in [0.4, 0.5) is 10.5 Å². The number of benzene rings is 1. The number of fused-ring (bicyclic) bond motifs is 1. The van der Waals surface area contributed by atoms with E-state index in [9.17, 15) is 19.5 Å². The maximum absolute atomic E-state index is 12.9. The highest BCUT2D eigenvalue weighted by molar-refractivity contribution is 6.74. The molecule has 1 aromatic rings. The summed E-state index contributed by atoms with van der Waals surface area (Å²) in [6, 6.07) is 4.64. The van der Waals surface area contributed by atoms with Gasteiger partial charge in [0.1, 0.15) is 0 Å². The van der Waals surface area contributed by atoms with Crippen LogP contribution < -0.4 is 15.5 Å². The van der Waals surface area contributed by atoms with E-state index in [1.807, 2.05) is 6.92 Å². The molecule has 1 heterocycles. The number of nitrogens with zero attached hydrogens (tertiary/aromatic N) is 1. The average Bonchev–Trinajstić information content (AvgIpc) is 3.56. The average molecular weight is 490 g/mol. The molecule has 0 radical (unpaired) electrons. The van der Waals surface area contributed by atoms with Crippen LogP contribution >= 0.6 is 0 Å². The van der Waals surface area contributed by atoms with Crippen LogP contribution in [0.25, 0.3) is 0 Å². The molecule has 34 heavy (non-hydrogen) atoms. The second kappa shape index (κ2) is 9.69. The molecule has 0 saturated heterocycles. The third kappa shape index (κ3) is 5.46. The zero-order valence-corrected chi connectivity index (χ0v) is 22.4. The summed E-state index contributed by atoms with van der Waals surface area (Å²) >= 11 is 0. The molecule has 1 aromatic carbocycles. The summed E-state index contributed by atoms with van der Waals surface area (Å²) in [6.45, 7) is 15.2. The maximum atomic E-state index is 12.9. The maximum Gasteiger partial charge on any atom is 0.405 e. The SMILES string of the molecule is CC(=O)N1c2ccc(C(=O)NCCO[Si](C)(C)C(C)(C)C)cc2[C@H](NC(=O)O)[C@@H](C)[C@@H]1C1CC1. The van der Waals surface area contributed by atoms with Gasteiger partial charge in [-0.1, -0.05) is 27.7 Å². The molecule has 3 N–H and O–H groups in total. The monoisotopic (exact) mass is 489 g/mol. The summed E-state index contributed by atoms with van der Waals surface area (Å²) < 4.78 is 6.13. The molecule has 0 unspecified atom stereocenters. The predicted molar refractivity (Wildman–Crippen MR) is 135 cm³/mol. The summed E-state index contributed by atoms with van der Waals surface area (Å²) in [5, 5.41) is 15.1. The van der Waals surface area contributed by atoms with Crippen molar-refractivity contribution in [1.82, 2.24) is 10.6 Å². The lowest BCUT2D eigenvalue weighted by molar-refractivity contribution is -0.117. The van der Waals surface area contributed by atoms with Crippen molar-refractivity contribution in [3.05, 3.63) is 29.3 Å². The van der Waals surface area contributed by atoms with E-state index in [-0.39, 0.29) is 28.8 Å². The molecule has 188 valence electrons. The van der Waals surface area contributed by atoms with Crippen LogP contribution in [-0.2, 0) is 9.22 Å². The van der Waals surface area contributed by atoms with Gasteiger partial charge in [-0.15, -0.1) is 0 Å². The highest BCUT2D eigenvalue weighted by Crippen LogP contribution is 2.49. The summed E-state index contributed by atoms with van der Waals surface area (Å²) in [5.74, 6) is -0.0638. The third-order valence-electron chi connectivity index (χ3n) is 7.63. The molecular formula is C25H39N3O5Si. The summed E-state index contributed by atoms with van der Waals surface area (Å²) in [4.78, 5) is 38.9. The molecule has 1 aliphatic heterocycles. The third-order valence-corrected chi connectivity index (χ3v) is 12.2. The van der Waals surface area contributed by atoms with E-state index in [1.54, 1.807) is 30.0 Å². The lowest BCUT2D eigenvalue weighted by Gasteiger charge is -2.45. The molecule has 0 aromatic heterocycles. The molecule has 1 fully saturated rings. The molecule has 0 spiro atoms. The van der Waals surface area contributed by atoms with Gasteiger partial charge in [0.05, 0.1) is 12.6 Å². The molecule has 8 nitrogen and oxygen atoms in total. The van der Waals surface area contributed by atoms with Gasteiger partial charge in [0.2, 0.25) is 5.91 Å². The van der Waals surface area contributed by atoms with E-state index in [4.69, 9.17) is 4.43 Å². The van der Waals surface area contributed by atoms with Gasteiger partial charge in [-0.3, -0.25) is 9.59 Å². The molecular weight excluding hydrogens is 450 g/mol. The van der Waals surface area contributed by atoms with Crippen molar-refractivity contribution in [2.24, 2.45) is 11.8 Å². The fraction of sp³-hybridized carbons (Fsp3) is 0.640. The van der Waals surface area contributed by atoms with Gasteiger partial charge in [-0.2, -0.15) is 0 Å². The first-order valence-electron chi connectivity index (χ1n) is 12.1. The molecule has 9 heteroatoms. The number of carbonyl (C=O) groups excluding carboxylic acids is 2. The van der Waals surface area contributed by atoms with Crippen molar-refractivity contribution in [2.75, 3.05) is 18.1 Å². The van der Waals surface area contributed by atoms with E-state index in [0.29, 0.717) is 35.9 Å².